The van der Waals surface area contributed by atoms with Gasteiger partial charge in [0.1, 0.15) is 63.5 Å². The van der Waals surface area contributed by atoms with Crippen LogP contribution in [0.25, 0.3) is 32.3 Å². The number of azo groups is 4. The van der Waals surface area contributed by atoms with Crippen LogP contribution >= 0.6 is 0 Å². The zero-order chi connectivity index (χ0) is 64.0. The molecule has 15 N–H and O–H groups in total. The molecule has 36 nitrogen and oxygen atoms in total. The number of benzene rings is 8. The predicted molar refractivity (Wildman–Crippen MR) is 292 cm³/mol. The molecule has 0 aliphatic rings. The minimum atomic E-state index is -5.81. The number of anilines is 1. The van der Waals surface area contributed by atoms with E-state index in [0.717, 1.165) is 60.7 Å². The Hall–Kier alpha value is -8.58. The number of hydrogen-bond acceptors (Lipinski definition) is 28. The van der Waals surface area contributed by atoms with E-state index >= 15 is 0 Å². The molecule has 0 radical (unpaired) electrons. The van der Waals surface area contributed by atoms with Crippen molar-refractivity contribution in [1.29, 1.82) is 0 Å². The van der Waals surface area contributed by atoms with Crippen molar-refractivity contribution in [2.75, 3.05) is 5.73 Å². The second-order valence-electron chi connectivity index (χ2n) is 17.2. The monoisotopic (exact) mass is 1340 g/mol. The SMILES string of the molecule is Nc1c(N=Nc2ccc3c(O)c(/N=N\c4ccc(S(N)(=O)=O)cc4)c(S(=O)(=O)O)cc3c2S(=O)(=O)O)cc(S(=O)(=O)O)c2cc(S(=O)(=O)O)c(/N=N\c3ccc4c(O)c(/N=N\c5ccc(S(N)(=O)=O)cc5)c(S(=O)(=O)O)cc4c3S(=O)(=O)O)c(O)c12. The summed E-state index contributed by atoms with van der Waals surface area (Å²) in [5.74, 6) is -4.14. The molecular weight excluding hydrogens is 1320 g/mol. The maximum Gasteiger partial charge on any atom is 0.297 e. The number of aromatic hydroxyl groups is 3. The van der Waals surface area contributed by atoms with E-state index in [2.05, 4.69) is 40.9 Å². The Morgan fingerprint density at radius 2 is 0.628 bits per heavy atom. The highest BCUT2D eigenvalue weighted by atomic mass is 32.2. The lowest BCUT2D eigenvalue weighted by Crippen LogP contribution is -2.11. The minimum absolute atomic E-state index is 0.193. The largest absolute Gasteiger partial charge is 0.505 e. The van der Waals surface area contributed by atoms with Crippen molar-refractivity contribution in [3.63, 3.8) is 0 Å². The van der Waals surface area contributed by atoms with E-state index in [0.29, 0.717) is 30.3 Å². The first-order chi connectivity index (χ1) is 39.4. The van der Waals surface area contributed by atoms with Crippen molar-refractivity contribution in [3.8, 4) is 17.2 Å². The molecule has 8 rings (SSSR count). The number of rotatable bonds is 16. The number of fused-ring (bicyclic) bond motifs is 3. The van der Waals surface area contributed by atoms with Crippen molar-refractivity contribution in [2.45, 2.75) is 39.2 Å². The molecule has 0 spiro atoms. The summed E-state index contributed by atoms with van der Waals surface area (Å²) in [6, 6.07) is 12.1. The second kappa shape index (κ2) is 21.7. The molecular formula is C42H31N11O25S8. The predicted octanol–water partition coefficient (Wildman–Crippen LogP) is 6.28. The summed E-state index contributed by atoms with van der Waals surface area (Å²) in [7, 11) is -42.5. The van der Waals surface area contributed by atoms with Gasteiger partial charge in [0.25, 0.3) is 60.7 Å². The highest BCUT2D eigenvalue weighted by molar-refractivity contribution is 7.89. The van der Waals surface area contributed by atoms with Gasteiger partial charge in [-0.3, -0.25) is 27.3 Å². The van der Waals surface area contributed by atoms with Crippen LogP contribution in [0.5, 0.6) is 17.2 Å². The third-order valence-electron chi connectivity index (χ3n) is 11.7. The molecule has 0 bridgehead atoms. The summed E-state index contributed by atoms with van der Waals surface area (Å²) in [6.07, 6.45) is 0. The zero-order valence-corrected chi connectivity index (χ0v) is 47.9. The van der Waals surface area contributed by atoms with Gasteiger partial charge in [-0.2, -0.15) is 60.7 Å². The van der Waals surface area contributed by atoms with Crippen LogP contribution in [0.3, 0.4) is 0 Å². The highest BCUT2D eigenvalue weighted by Gasteiger charge is 2.33. The van der Waals surface area contributed by atoms with Crippen LogP contribution < -0.4 is 16.0 Å². The molecule has 0 fully saturated rings. The van der Waals surface area contributed by atoms with Crippen molar-refractivity contribution in [2.24, 2.45) is 51.2 Å². The van der Waals surface area contributed by atoms with Crippen molar-refractivity contribution >= 4 is 164 Å². The summed E-state index contributed by atoms with van der Waals surface area (Å²) >= 11 is 0. The van der Waals surface area contributed by atoms with E-state index in [-0.39, 0.29) is 22.3 Å². The zero-order valence-electron chi connectivity index (χ0n) is 41.4. The van der Waals surface area contributed by atoms with Crippen LogP contribution in [0.15, 0.2) is 177 Å². The van der Waals surface area contributed by atoms with Gasteiger partial charge in [0, 0.05) is 26.9 Å². The first-order valence-electron chi connectivity index (χ1n) is 21.9. The Balaban J connectivity index is 1.30. The number of nitrogens with two attached hydrogens (primary N) is 3. The molecule has 8 aromatic rings. The van der Waals surface area contributed by atoms with Gasteiger partial charge in [0.05, 0.1) is 32.2 Å². The van der Waals surface area contributed by atoms with E-state index in [9.17, 15) is 110 Å². The van der Waals surface area contributed by atoms with Gasteiger partial charge in [0.15, 0.2) is 17.2 Å². The third-order valence-corrected chi connectivity index (χ3v) is 18.9. The number of sulfonamides is 2. The average Bonchev–Trinajstić information content (AvgIpc) is 0.825. The third kappa shape index (κ3) is 12.7. The molecule has 452 valence electrons. The van der Waals surface area contributed by atoms with E-state index in [1.165, 1.54) is 0 Å². The Morgan fingerprint density at radius 1 is 0.314 bits per heavy atom. The van der Waals surface area contributed by atoms with Crippen molar-refractivity contribution in [1.82, 2.24) is 0 Å². The van der Waals surface area contributed by atoms with E-state index in [1.54, 1.807) is 0 Å². The smallest absolute Gasteiger partial charge is 0.297 e. The number of phenols is 3. The molecule has 0 saturated carbocycles. The summed E-state index contributed by atoms with van der Waals surface area (Å²) in [4.78, 5) is -9.51. The molecule has 0 atom stereocenters. The molecule has 0 saturated heterocycles. The van der Waals surface area contributed by atoms with E-state index < -0.39 is 204 Å². The van der Waals surface area contributed by atoms with Gasteiger partial charge >= 0.3 is 0 Å². The van der Waals surface area contributed by atoms with Gasteiger partial charge < -0.3 is 21.1 Å². The first-order valence-corrected chi connectivity index (χ1v) is 33.7. The molecule has 0 aliphatic heterocycles. The number of nitrogens with zero attached hydrogens (tertiary/aromatic N) is 8. The molecule has 0 aliphatic carbocycles. The lowest BCUT2D eigenvalue weighted by Gasteiger charge is -2.15. The van der Waals surface area contributed by atoms with Gasteiger partial charge in [-0.25, -0.2) is 27.1 Å². The molecule has 0 aromatic heterocycles. The van der Waals surface area contributed by atoms with Gasteiger partial charge in [0.2, 0.25) is 20.0 Å². The number of hydrogen-bond donors (Lipinski definition) is 12. The van der Waals surface area contributed by atoms with E-state index in [4.69, 9.17) is 16.0 Å². The molecule has 0 unspecified atom stereocenters. The van der Waals surface area contributed by atoms with Crippen LogP contribution in [0.4, 0.5) is 51.2 Å². The summed E-state index contributed by atoms with van der Waals surface area (Å²) in [5, 5.41) is 67.7. The lowest BCUT2D eigenvalue weighted by molar-refractivity contribution is 0.471. The van der Waals surface area contributed by atoms with Gasteiger partial charge in [-0.05, 0) is 97.1 Å². The van der Waals surface area contributed by atoms with Gasteiger partial charge in [-0.1, -0.05) is 0 Å². The molecule has 0 heterocycles. The minimum Gasteiger partial charge on any atom is -0.505 e. The maximum absolute atomic E-state index is 13.1. The van der Waals surface area contributed by atoms with Crippen LogP contribution in [0.1, 0.15) is 0 Å². The Labute approximate surface area is 481 Å². The average molecular weight is 1350 g/mol. The van der Waals surface area contributed by atoms with Crippen LogP contribution in [0, 0.1) is 0 Å². The number of nitrogen functional groups attached to an aromatic ring is 1. The van der Waals surface area contributed by atoms with Gasteiger partial charge in [-0.15, -0.1) is 30.7 Å². The highest BCUT2D eigenvalue weighted by Crippen LogP contribution is 2.51. The van der Waals surface area contributed by atoms with Crippen LogP contribution in [-0.2, 0) is 80.8 Å². The number of phenolic OH excluding ortho intramolecular Hbond substituents is 3. The fourth-order valence-corrected chi connectivity index (χ4v) is 13.3. The van der Waals surface area contributed by atoms with Crippen molar-refractivity contribution in [3.05, 3.63) is 97.1 Å². The van der Waals surface area contributed by atoms with Crippen molar-refractivity contribution < 1.29 is 110 Å². The summed E-state index contributed by atoms with van der Waals surface area (Å²) in [5.41, 5.74) is -1.98. The Bertz CT molecular complexity index is 5420. The molecule has 44 heteroatoms. The topological polar surface area (TPSA) is 632 Å². The van der Waals surface area contributed by atoms with Crippen LogP contribution in [-0.4, -0.2) is 110 Å². The normalized spacial score (nSPS) is 13.6. The molecule has 86 heavy (non-hydrogen) atoms. The summed E-state index contributed by atoms with van der Waals surface area (Å²) < 4.78 is 263. The Morgan fingerprint density at radius 3 is 0.965 bits per heavy atom. The number of primary sulfonamides is 2. The maximum atomic E-state index is 13.1. The fraction of sp³-hybridized carbons (Fsp3) is 0. The molecule has 0 amide bonds. The molecule has 8 aromatic carbocycles. The Kier molecular flexibility index (Phi) is 16.0. The van der Waals surface area contributed by atoms with E-state index in [1.807, 2.05) is 0 Å². The standard InChI is InChI=1S/C42H31N11O25S8/c43-34-28(50-48-26-11-9-21-23(41(26)85(73,74)75)13-30(82(64,65)66)35(38(21)54)51-46-17-1-5-19(6-2-17)79(44,57)58)16-29(81(61,62)63)25-15-32(84(70,71)72)37(40(56)33(25)34)53-49-27-12-10-22-24(42(27)86(76,77)78)14-31(83(67,68)69)36(39(22)55)52-47-18-3-7-20(8-4-18)80(45,59)60/h1-16,54-56H,43H2,(H2,44,57,58)(H2,45,59,60)(H,61,62,63)(H,64,65,66)(H,67,68,69)(H,70,71,72)(H,73,74,75)(H,76,77,78)/b50-48?,51-46-,52-47-,53-49-. The summed E-state index contributed by atoms with van der Waals surface area (Å²) in [6.45, 7) is 0. The fourth-order valence-electron chi connectivity index (χ4n) is 7.98. The van der Waals surface area contributed by atoms with Crippen LogP contribution in [0.2, 0.25) is 0 Å². The second-order valence-corrected chi connectivity index (χ2v) is 28.6. The quantitative estimate of drug-likeness (QED) is 0.0287. The lowest BCUT2D eigenvalue weighted by atomic mass is 10.0. The first kappa shape index (κ1) is 63.4.